The average molecular weight is 205 g/mol. The summed E-state index contributed by atoms with van der Waals surface area (Å²) < 4.78 is 0. The zero-order valence-corrected chi connectivity index (χ0v) is 10.4. The number of fused-ring (bicyclic) bond motifs is 1. The van der Waals surface area contributed by atoms with Crippen LogP contribution >= 0.6 is 0 Å². The Morgan fingerprint density at radius 2 is 1.87 bits per heavy atom. The van der Waals surface area contributed by atoms with Gasteiger partial charge in [-0.2, -0.15) is 0 Å². The smallest absolute Gasteiger partial charge is 0.0208 e. The van der Waals surface area contributed by atoms with E-state index in [0.29, 0.717) is 5.92 Å². The molecule has 1 aliphatic heterocycles. The third-order valence-electron chi connectivity index (χ3n) is 2.78. The predicted octanol–water partition coefficient (Wildman–Crippen LogP) is 3.48. The van der Waals surface area contributed by atoms with E-state index in [1.807, 2.05) is 13.8 Å². The molecule has 0 atom stereocenters. The third-order valence-corrected chi connectivity index (χ3v) is 2.78. The molecule has 0 aromatic heterocycles. The number of nitrogens with one attached hydrogen (secondary N) is 1. The predicted molar refractivity (Wildman–Crippen MR) is 67.3 cm³/mol. The number of hydrogen-bond acceptors (Lipinski definition) is 1. The molecule has 0 bridgehead atoms. The van der Waals surface area contributed by atoms with Crippen molar-refractivity contribution in [1.29, 1.82) is 0 Å². The molecule has 0 spiro atoms. The molecule has 0 saturated heterocycles. The van der Waals surface area contributed by atoms with Gasteiger partial charge in [0, 0.05) is 6.54 Å². The van der Waals surface area contributed by atoms with Gasteiger partial charge < -0.3 is 5.32 Å². The second-order valence-electron chi connectivity index (χ2n) is 4.11. The van der Waals surface area contributed by atoms with Gasteiger partial charge in [0.2, 0.25) is 0 Å². The van der Waals surface area contributed by atoms with Gasteiger partial charge >= 0.3 is 0 Å². The van der Waals surface area contributed by atoms with E-state index in [1.54, 1.807) is 0 Å². The van der Waals surface area contributed by atoms with Gasteiger partial charge in [-0.1, -0.05) is 45.9 Å². The second kappa shape index (κ2) is 5.92. The molecule has 2 rings (SSSR count). The maximum absolute atomic E-state index is 3.41. The van der Waals surface area contributed by atoms with Crippen molar-refractivity contribution in [1.82, 2.24) is 5.32 Å². The van der Waals surface area contributed by atoms with E-state index in [-0.39, 0.29) is 0 Å². The van der Waals surface area contributed by atoms with Gasteiger partial charge in [-0.25, -0.2) is 0 Å². The number of rotatable bonds is 1. The van der Waals surface area contributed by atoms with E-state index in [1.165, 1.54) is 23.1 Å². The first kappa shape index (κ1) is 12.3. The maximum atomic E-state index is 3.41. The van der Waals surface area contributed by atoms with Crippen molar-refractivity contribution in [3.63, 3.8) is 0 Å². The standard InChI is InChI=1S/C12H17N.C2H6/c1-9(2)11-4-3-10-5-6-13-8-12(10)7-11;1-2/h3-4,7,9,13H,5-6,8H2,1-2H3;1-2H3. The fraction of sp³-hybridized carbons (Fsp3) is 0.571. The second-order valence-corrected chi connectivity index (χ2v) is 4.11. The Bertz CT molecular complexity index is 302. The summed E-state index contributed by atoms with van der Waals surface area (Å²) in [5.41, 5.74) is 4.49. The lowest BCUT2D eigenvalue weighted by Gasteiger charge is -2.18. The molecule has 1 aliphatic rings. The summed E-state index contributed by atoms with van der Waals surface area (Å²) in [6.07, 6.45) is 1.19. The van der Waals surface area contributed by atoms with Crippen LogP contribution in [0.4, 0.5) is 0 Å². The Morgan fingerprint density at radius 1 is 1.13 bits per heavy atom. The van der Waals surface area contributed by atoms with Gasteiger partial charge in [-0.3, -0.25) is 0 Å². The zero-order chi connectivity index (χ0) is 11.3. The van der Waals surface area contributed by atoms with Crippen LogP contribution in [0.3, 0.4) is 0 Å². The minimum Gasteiger partial charge on any atom is -0.312 e. The molecule has 0 amide bonds. The lowest BCUT2D eigenvalue weighted by molar-refractivity contribution is 0.641. The van der Waals surface area contributed by atoms with Crippen molar-refractivity contribution >= 4 is 0 Å². The van der Waals surface area contributed by atoms with Crippen LogP contribution in [-0.2, 0) is 13.0 Å². The highest BCUT2D eigenvalue weighted by Gasteiger charge is 2.09. The molecule has 1 aromatic rings. The lowest BCUT2D eigenvalue weighted by atomic mass is 9.94. The number of hydrogen-bond donors (Lipinski definition) is 1. The molecule has 0 aliphatic carbocycles. The highest BCUT2D eigenvalue weighted by Crippen LogP contribution is 2.20. The van der Waals surface area contributed by atoms with Gasteiger partial charge in [0.25, 0.3) is 0 Å². The molecule has 0 fully saturated rings. The van der Waals surface area contributed by atoms with Crippen molar-refractivity contribution in [2.75, 3.05) is 6.54 Å². The Hall–Kier alpha value is -0.820. The molecular weight excluding hydrogens is 182 g/mol. The Kier molecular flexibility index (Phi) is 4.83. The molecule has 1 N–H and O–H groups in total. The molecule has 1 heteroatoms. The van der Waals surface area contributed by atoms with E-state index >= 15 is 0 Å². The molecule has 84 valence electrons. The van der Waals surface area contributed by atoms with E-state index in [0.717, 1.165) is 13.1 Å². The fourth-order valence-corrected chi connectivity index (χ4v) is 1.86. The SMILES string of the molecule is CC.CC(C)c1ccc2c(c1)CNCC2. The van der Waals surface area contributed by atoms with E-state index in [2.05, 4.69) is 37.4 Å². The van der Waals surface area contributed by atoms with Crippen LogP contribution in [0, 0.1) is 0 Å². The van der Waals surface area contributed by atoms with Crippen LogP contribution in [0.2, 0.25) is 0 Å². The van der Waals surface area contributed by atoms with Crippen molar-refractivity contribution in [3.8, 4) is 0 Å². The van der Waals surface area contributed by atoms with E-state index in [9.17, 15) is 0 Å². The highest BCUT2D eigenvalue weighted by atomic mass is 14.9. The summed E-state index contributed by atoms with van der Waals surface area (Å²) in [5, 5.41) is 3.41. The van der Waals surface area contributed by atoms with Gasteiger partial charge in [0.15, 0.2) is 0 Å². The summed E-state index contributed by atoms with van der Waals surface area (Å²) in [6, 6.07) is 6.92. The molecule has 0 unspecified atom stereocenters. The Morgan fingerprint density at radius 3 is 2.53 bits per heavy atom. The third kappa shape index (κ3) is 3.07. The van der Waals surface area contributed by atoms with Crippen LogP contribution in [0.25, 0.3) is 0 Å². The van der Waals surface area contributed by atoms with E-state index < -0.39 is 0 Å². The summed E-state index contributed by atoms with van der Waals surface area (Å²) >= 11 is 0. The highest BCUT2D eigenvalue weighted by molar-refractivity contribution is 5.34. The van der Waals surface area contributed by atoms with E-state index in [4.69, 9.17) is 0 Å². The first-order valence-corrected chi connectivity index (χ1v) is 6.10. The van der Waals surface area contributed by atoms with Crippen LogP contribution in [0.15, 0.2) is 18.2 Å². The van der Waals surface area contributed by atoms with Gasteiger partial charge in [0.1, 0.15) is 0 Å². The van der Waals surface area contributed by atoms with Crippen molar-refractivity contribution in [2.45, 2.75) is 46.6 Å². The minimum absolute atomic E-state index is 0.646. The first-order chi connectivity index (χ1) is 7.27. The van der Waals surface area contributed by atoms with Gasteiger partial charge in [-0.15, -0.1) is 0 Å². The maximum Gasteiger partial charge on any atom is 0.0208 e. The van der Waals surface area contributed by atoms with Crippen LogP contribution in [0.5, 0.6) is 0 Å². The molecule has 1 nitrogen and oxygen atoms in total. The van der Waals surface area contributed by atoms with Crippen molar-refractivity contribution < 1.29 is 0 Å². The summed E-state index contributed by atoms with van der Waals surface area (Å²) in [6.45, 7) is 10.7. The summed E-state index contributed by atoms with van der Waals surface area (Å²) in [5.74, 6) is 0.646. The fourth-order valence-electron chi connectivity index (χ4n) is 1.86. The lowest BCUT2D eigenvalue weighted by Crippen LogP contribution is -2.23. The number of benzene rings is 1. The average Bonchev–Trinajstić information content (AvgIpc) is 2.31. The van der Waals surface area contributed by atoms with Crippen LogP contribution < -0.4 is 5.32 Å². The van der Waals surface area contributed by atoms with Crippen LogP contribution in [-0.4, -0.2) is 6.54 Å². The Labute approximate surface area is 93.9 Å². The summed E-state index contributed by atoms with van der Waals surface area (Å²) in [4.78, 5) is 0. The molecular formula is C14H23N. The van der Waals surface area contributed by atoms with Crippen molar-refractivity contribution in [2.24, 2.45) is 0 Å². The van der Waals surface area contributed by atoms with Crippen molar-refractivity contribution in [3.05, 3.63) is 34.9 Å². The molecule has 15 heavy (non-hydrogen) atoms. The molecule has 0 radical (unpaired) electrons. The normalized spacial score (nSPS) is 14.2. The quantitative estimate of drug-likeness (QED) is 0.740. The molecule has 1 heterocycles. The van der Waals surface area contributed by atoms with Gasteiger partial charge in [-0.05, 0) is 35.6 Å². The molecule has 1 aromatic carbocycles. The topological polar surface area (TPSA) is 12.0 Å². The van der Waals surface area contributed by atoms with Gasteiger partial charge in [0.05, 0.1) is 0 Å². The Balaban J connectivity index is 0.000000531. The largest absolute Gasteiger partial charge is 0.312 e. The summed E-state index contributed by atoms with van der Waals surface area (Å²) in [7, 11) is 0. The first-order valence-electron chi connectivity index (χ1n) is 6.10. The van der Waals surface area contributed by atoms with Crippen LogP contribution in [0.1, 0.15) is 50.3 Å². The minimum atomic E-state index is 0.646. The monoisotopic (exact) mass is 205 g/mol. The zero-order valence-electron chi connectivity index (χ0n) is 10.4. The molecule has 0 saturated carbocycles.